The number of carbonyl (C=O) groups is 1. The van der Waals surface area contributed by atoms with E-state index in [0.29, 0.717) is 18.9 Å². The number of hydrogen-bond donors (Lipinski definition) is 0. The zero-order valence-corrected chi connectivity index (χ0v) is 13.6. The maximum Gasteiger partial charge on any atom is 0.310 e. The number of rotatable bonds is 11. The Morgan fingerprint density at radius 2 is 1.76 bits per heavy atom. The predicted molar refractivity (Wildman–Crippen MR) is 88.3 cm³/mol. The van der Waals surface area contributed by atoms with Crippen LogP contribution in [0.1, 0.15) is 64.4 Å². The fourth-order valence-corrected chi connectivity index (χ4v) is 2.68. The highest BCUT2D eigenvalue weighted by Gasteiger charge is 2.10. The first kappa shape index (κ1) is 17.7. The Labute approximate surface area is 129 Å². The second-order valence-corrected chi connectivity index (χ2v) is 5.82. The molecule has 1 rings (SSSR count). The van der Waals surface area contributed by atoms with Crippen molar-refractivity contribution in [1.82, 2.24) is 0 Å². The van der Waals surface area contributed by atoms with Crippen molar-refractivity contribution in [3.63, 3.8) is 0 Å². The van der Waals surface area contributed by atoms with Crippen LogP contribution in [-0.2, 0) is 16.0 Å². The van der Waals surface area contributed by atoms with E-state index in [0.717, 1.165) is 12.0 Å². The molecule has 2 nitrogen and oxygen atoms in total. The lowest BCUT2D eigenvalue weighted by atomic mass is 9.94. The molecule has 21 heavy (non-hydrogen) atoms. The van der Waals surface area contributed by atoms with Gasteiger partial charge in [0.05, 0.1) is 13.0 Å². The van der Waals surface area contributed by atoms with E-state index in [1.54, 1.807) is 0 Å². The summed E-state index contributed by atoms with van der Waals surface area (Å²) in [5.41, 5.74) is 1.02. The standard InChI is InChI=1S/C19H30O2/c1-3-5-7-11-17(10-4-2)14-15-21-19(20)16-18-12-8-6-9-13-18/h6,8-9,12-13,17H,3-5,7,10-11,14-16H2,1-2H3. The first-order chi connectivity index (χ1) is 10.3. The molecule has 1 aromatic rings. The summed E-state index contributed by atoms with van der Waals surface area (Å²) in [4.78, 5) is 11.8. The highest BCUT2D eigenvalue weighted by atomic mass is 16.5. The van der Waals surface area contributed by atoms with Crippen LogP contribution in [0.4, 0.5) is 0 Å². The van der Waals surface area contributed by atoms with E-state index in [2.05, 4.69) is 13.8 Å². The average Bonchev–Trinajstić information content (AvgIpc) is 2.48. The van der Waals surface area contributed by atoms with Gasteiger partial charge in [0.1, 0.15) is 0 Å². The van der Waals surface area contributed by atoms with E-state index in [9.17, 15) is 4.79 Å². The van der Waals surface area contributed by atoms with E-state index < -0.39 is 0 Å². The number of carbonyl (C=O) groups excluding carboxylic acids is 1. The molecule has 0 bridgehead atoms. The lowest BCUT2D eigenvalue weighted by Crippen LogP contribution is -2.12. The predicted octanol–water partition coefficient (Wildman–Crippen LogP) is 5.16. The number of benzene rings is 1. The molecule has 0 aliphatic heterocycles. The summed E-state index contributed by atoms with van der Waals surface area (Å²) in [7, 11) is 0. The quantitative estimate of drug-likeness (QED) is 0.415. The van der Waals surface area contributed by atoms with Crippen molar-refractivity contribution in [3.8, 4) is 0 Å². The number of ether oxygens (including phenoxy) is 1. The lowest BCUT2D eigenvalue weighted by Gasteiger charge is -2.16. The Morgan fingerprint density at radius 3 is 2.43 bits per heavy atom. The summed E-state index contributed by atoms with van der Waals surface area (Å²) in [6, 6.07) is 9.79. The van der Waals surface area contributed by atoms with E-state index in [4.69, 9.17) is 4.74 Å². The number of hydrogen-bond acceptors (Lipinski definition) is 2. The van der Waals surface area contributed by atoms with Gasteiger partial charge >= 0.3 is 5.97 Å². The van der Waals surface area contributed by atoms with Gasteiger partial charge in [-0.25, -0.2) is 0 Å². The Kier molecular flexibility index (Phi) is 9.60. The molecule has 0 saturated carbocycles. The third kappa shape index (κ3) is 8.54. The van der Waals surface area contributed by atoms with E-state index in [-0.39, 0.29) is 5.97 Å². The molecule has 1 unspecified atom stereocenters. The minimum absolute atomic E-state index is 0.106. The zero-order valence-electron chi connectivity index (χ0n) is 13.6. The van der Waals surface area contributed by atoms with Gasteiger partial charge in [0.25, 0.3) is 0 Å². The maximum atomic E-state index is 11.8. The normalized spacial score (nSPS) is 12.1. The fourth-order valence-electron chi connectivity index (χ4n) is 2.68. The van der Waals surface area contributed by atoms with Crippen molar-refractivity contribution >= 4 is 5.97 Å². The first-order valence-electron chi connectivity index (χ1n) is 8.45. The van der Waals surface area contributed by atoms with Crippen LogP contribution >= 0.6 is 0 Å². The Hall–Kier alpha value is -1.31. The molecule has 0 saturated heterocycles. The fraction of sp³-hybridized carbons (Fsp3) is 0.632. The largest absolute Gasteiger partial charge is 0.465 e. The molecule has 0 heterocycles. The van der Waals surface area contributed by atoms with Crippen LogP contribution in [-0.4, -0.2) is 12.6 Å². The summed E-state index contributed by atoms with van der Waals surface area (Å²) >= 11 is 0. The summed E-state index contributed by atoms with van der Waals surface area (Å²) in [5.74, 6) is 0.607. The smallest absolute Gasteiger partial charge is 0.310 e. The molecular formula is C19H30O2. The second kappa shape index (κ2) is 11.4. The Balaban J connectivity index is 2.21. The number of esters is 1. The SMILES string of the molecule is CCCCCC(CCC)CCOC(=O)Cc1ccccc1. The Bertz CT molecular complexity index is 372. The van der Waals surface area contributed by atoms with Crippen LogP contribution in [0, 0.1) is 5.92 Å². The van der Waals surface area contributed by atoms with E-state index >= 15 is 0 Å². The van der Waals surface area contributed by atoms with Gasteiger partial charge in [0.15, 0.2) is 0 Å². The molecule has 1 atom stereocenters. The van der Waals surface area contributed by atoms with E-state index in [1.165, 1.54) is 38.5 Å². The van der Waals surface area contributed by atoms with Crippen LogP contribution in [0.3, 0.4) is 0 Å². The highest BCUT2D eigenvalue weighted by Crippen LogP contribution is 2.19. The Morgan fingerprint density at radius 1 is 1.00 bits per heavy atom. The molecule has 2 heteroatoms. The third-order valence-electron chi connectivity index (χ3n) is 3.89. The summed E-state index contributed by atoms with van der Waals surface area (Å²) in [6.45, 7) is 5.04. The topological polar surface area (TPSA) is 26.3 Å². The van der Waals surface area contributed by atoms with Gasteiger partial charge in [0.2, 0.25) is 0 Å². The van der Waals surface area contributed by atoms with Gasteiger partial charge in [-0.05, 0) is 17.9 Å². The van der Waals surface area contributed by atoms with Gasteiger partial charge in [-0.2, -0.15) is 0 Å². The summed E-state index contributed by atoms with van der Waals surface area (Å²) in [5, 5.41) is 0. The molecule has 0 aromatic heterocycles. The van der Waals surface area contributed by atoms with Crippen molar-refractivity contribution in [2.45, 2.75) is 65.2 Å². The first-order valence-corrected chi connectivity index (χ1v) is 8.45. The molecular weight excluding hydrogens is 260 g/mol. The molecule has 118 valence electrons. The zero-order chi connectivity index (χ0) is 15.3. The molecule has 0 radical (unpaired) electrons. The van der Waals surface area contributed by atoms with Crippen LogP contribution < -0.4 is 0 Å². The monoisotopic (exact) mass is 290 g/mol. The van der Waals surface area contributed by atoms with E-state index in [1.807, 2.05) is 30.3 Å². The lowest BCUT2D eigenvalue weighted by molar-refractivity contribution is -0.143. The van der Waals surface area contributed by atoms with Gasteiger partial charge in [0, 0.05) is 0 Å². The van der Waals surface area contributed by atoms with Crippen LogP contribution in [0.15, 0.2) is 30.3 Å². The third-order valence-corrected chi connectivity index (χ3v) is 3.89. The van der Waals surface area contributed by atoms with Crippen molar-refractivity contribution in [1.29, 1.82) is 0 Å². The molecule has 0 aliphatic carbocycles. The minimum atomic E-state index is -0.106. The van der Waals surface area contributed by atoms with Crippen LogP contribution in [0.5, 0.6) is 0 Å². The van der Waals surface area contributed by atoms with Crippen molar-refractivity contribution in [2.24, 2.45) is 5.92 Å². The van der Waals surface area contributed by atoms with Gasteiger partial charge < -0.3 is 4.74 Å². The molecule has 0 aliphatic rings. The summed E-state index contributed by atoms with van der Waals surface area (Å²) in [6.07, 6.45) is 9.03. The molecule has 0 fully saturated rings. The molecule has 0 amide bonds. The van der Waals surface area contributed by atoms with Crippen LogP contribution in [0.25, 0.3) is 0 Å². The minimum Gasteiger partial charge on any atom is -0.465 e. The number of unbranched alkanes of at least 4 members (excludes halogenated alkanes) is 2. The second-order valence-electron chi connectivity index (χ2n) is 5.82. The average molecular weight is 290 g/mol. The van der Waals surface area contributed by atoms with Gasteiger partial charge in [-0.3, -0.25) is 4.79 Å². The van der Waals surface area contributed by atoms with Gasteiger partial charge in [-0.1, -0.05) is 82.7 Å². The molecule has 1 aromatic carbocycles. The van der Waals surface area contributed by atoms with Gasteiger partial charge in [-0.15, -0.1) is 0 Å². The van der Waals surface area contributed by atoms with Crippen molar-refractivity contribution in [2.75, 3.05) is 6.61 Å². The van der Waals surface area contributed by atoms with Crippen molar-refractivity contribution in [3.05, 3.63) is 35.9 Å². The highest BCUT2D eigenvalue weighted by molar-refractivity contribution is 5.72. The summed E-state index contributed by atoms with van der Waals surface area (Å²) < 4.78 is 5.39. The molecule has 0 N–H and O–H groups in total. The van der Waals surface area contributed by atoms with Crippen LogP contribution in [0.2, 0.25) is 0 Å². The molecule has 0 spiro atoms. The maximum absolute atomic E-state index is 11.8. The van der Waals surface area contributed by atoms with Crippen molar-refractivity contribution < 1.29 is 9.53 Å².